The molecule has 120 valence electrons. The fraction of sp³-hybridized carbons (Fsp3) is 0.571. The minimum atomic E-state index is -3.50. The molecule has 0 saturated heterocycles. The van der Waals surface area contributed by atoms with Gasteiger partial charge in [-0.25, -0.2) is 13.1 Å². The van der Waals surface area contributed by atoms with Crippen LogP contribution in [0.5, 0.6) is 0 Å². The third-order valence-corrected chi connectivity index (χ3v) is 5.60. The van der Waals surface area contributed by atoms with Gasteiger partial charge in [0.25, 0.3) is 0 Å². The summed E-state index contributed by atoms with van der Waals surface area (Å²) in [6.07, 6.45) is 2.81. The van der Waals surface area contributed by atoms with Crippen LogP contribution in [0.2, 0.25) is 5.02 Å². The smallest absolute Gasteiger partial charge is 0.240 e. The second kappa shape index (κ2) is 9.00. The van der Waals surface area contributed by atoms with Gasteiger partial charge < -0.3 is 5.32 Å². The van der Waals surface area contributed by atoms with E-state index < -0.39 is 10.0 Å². The van der Waals surface area contributed by atoms with Crippen molar-refractivity contribution >= 4 is 33.4 Å². The van der Waals surface area contributed by atoms with Crippen LogP contribution in [0.3, 0.4) is 0 Å². The number of rotatable bonds is 9. The van der Waals surface area contributed by atoms with Crippen LogP contribution in [0.25, 0.3) is 0 Å². The lowest BCUT2D eigenvalue weighted by molar-refractivity contribution is 0.557. The van der Waals surface area contributed by atoms with E-state index in [0.717, 1.165) is 24.3 Å². The van der Waals surface area contributed by atoms with Crippen molar-refractivity contribution in [3.8, 4) is 0 Å². The average Bonchev–Trinajstić information content (AvgIpc) is 2.43. The highest BCUT2D eigenvalue weighted by Crippen LogP contribution is 2.21. The van der Waals surface area contributed by atoms with Crippen molar-refractivity contribution in [2.45, 2.75) is 37.8 Å². The molecular formula is C14H23ClN2O2S2. The van der Waals surface area contributed by atoms with E-state index in [-0.39, 0.29) is 10.9 Å². The Morgan fingerprint density at radius 1 is 1.38 bits per heavy atom. The van der Waals surface area contributed by atoms with Gasteiger partial charge in [0.2, 0.25) is 10.0 Å². The number of halogens is 1. The van der Waals surface area contributed by atoms with Gasteiger partial charge in [0.05, 0.1) is 4.90 Å². The fourth-order valence-electron chi connectivity index (χ4n) is 1.80. The zero-order valence-electron chi connectivity index (χ0n) is 12.6. The second-order valence-electron chi connectivity index (χ2n) is 4.84. The molecule has 1 aromatic carbocycles. The minimum absolute atomic E-state index is 0.0876. The standard InChI is InChI=1S/C14H23ClN2O2S2/c1-4-16-10-12-9-13(5-6-14(12)15)21(18,19)17-11(2)7-8-20-3/h5-6,9,11,16-17H,4,7-8,10H2,1-3H3. The second-order valence-corrected chi connectivity index (χ2v) is 7.94. The molecule has 0 aliphatic rings. The molecule has 0 spiro atoms. The number of thioether (sulfide) groups is 1. The monoisotopic (exact) mass is 350 g/mol. The van der Waals surface area contributed by atoms with Gasteiger partial charge >= 0.3 is 0 Å². The maximum absolute atomic E-state index is 12.4. The van der Waals surface area contributed by atoms with E-state index in [1.807, 2.05) is 20.1 Å². The Morgan fingerprint density at radius 2 is 2.10 bits per heavy atom. The molecule has 2 N–H and O–H groups in total. The summed E-state index contributed by atoms with van der Waals surface area (Å²) in [4.78, 5) is 0.260. The lowest BCUT2D eigenvalue weighted by Gasteiger charge is -2.15. The van der Waals surface area contributed by atoms with Gasteiger partial charge in [0.15, 0.2) is 0 Å². The summed E-state index contributed by atoms with van der Waals surface area (Å²) >= 11 is 7.80. The zero-order valence-corrected chi connectivity index (χ0v) is 15.0. The van der Waals surface area contributed by atoms with Crippen LogP contribution in [0, 0.1) is 0 Å². The molecule has 0 fully saturated rings. The highest BCUT2D eigenvalue weighted by molar-refractivity contribution is 7.98. The third-order valence-electron chi connectivity index (χ3n) is 3.00. The van der Waals surface area contributed by atoms with Crippen LogP contribution in [0.1, 0.15) is 25.8 Å². The van der Waals surface area contributed by atoms with Crippen LogP contribution in [0.4, 0.5) is 0 Å². The Labute approximate surface area is 137 Å². The Balaban J connectivity index is 2.87. The van der Waals surface area contributed by atoms with Crippen molar-refractivity contribution in [3.05, 3.63) is 28.8 Å². The molecule has 1 aromatic rings. The largest absolute Gasteiger partial charge is 0.313 e. The Bertz CT molecular complexity index is 550. The van der Waals surface area contributed by atoms with E-state index in [1.165, 1.54) is 0 Å². The highest BCUT2D eigenvalue weighted by Gasteiger charge is 2.18. The molecule has 21 heavy (non-hydrogen) atoms. The van der Waals surface area contributed by atoms with E-state index in [9.17, 15) is 8.42 Å². The Morgan fingerprint density at radius 3 is 2.71 bits per heavy atom. The first-order valence-corrected chi connectivity index (χ1v) is 10.2. The average molecular weight is 351 g/mol. The maximum atomic E-state index is 12.4. The van der Waals surface area contributed by atoms with E-state index in [2.05, 4.69) is 10.0 Å². The van der Waals surface area contributed by atoms with Crippen molar-refractivity contribution in [1.29, 1.82) is 0 Å². The van der Waals surface area contributed by atoms with Crippen LogP contribution in [-0.4, -0.2) is 33.0 Å². The summed E-state index contributed by atoms with van der Waals surface area (Å²) in [6.45, 7) is 5.23. The van der Waals surface area contributed by atoms with Gasteiger partial charge in [-0.2, -0.15) is 11.8 Å². The molecule has 0 heterocycles. The summed E-state index contributed by atoms with van der Waals surface area (Å²) in [5, 5.41) is 3.72. The van der Waals surface area contributed by atoms with E-state index >= 15 is 0 Å². The summed E-state index contributed by atoms with van der Waals surface area (Å²) < 4.78 is 27.4. The van der Waals surface area contributed by atoms with Gasteiger partial charge in [-0.05, 0) is 55.7 Å². The Kier molecular flexibility index (Phi) is 8.05. The predicted octanol–water partition coefficient (Wildman–Crippen LogP) is 2.87. The number of hydrogen-bond acceptors (Lipinski definition) is 4. The molecule has 0 aliphatic carbocycles. The fourth-order valence-corrected chi connectivity index (χ4v) is 3.90. The van der Waals surface area contributed by atoms with Gasteiger partial charge in [0, 0.05) is 17.6 Å². The van der Waals surface area contributed by atoms with Crippen LogP contribution in [-0.2, 0) is 16.6 Å². The van der Waals surface area contributed by atoms with Crippen molar-refractivity contribution in [2.24, 2.45) is 0 Å². The van der Waals surface area contributed by atoms with Crippen LogP contribution in [0.15, 0.2) is 23.1 Å². The molecule has 4 nitrogen and oxygen atoms in total. The zero-order chi connectivity index (χ0) is 15.9. The molecule has 1 unspecified atom stereocenters. The summed E-state index contributed by atoms with van der Waals surface area (Å²) in [6, 6.07) is 4.72. The van der Waals surface area contributed by atoms with Crippen molar-refractivity contribution in [3.63, 3.8) is 0 Å². The molecule has 7 heteroatoms. The molecule has 1 rings (SSSR count). The van der Waals surface area contributed by atoms with E-state index in [0.29, 0.717) is 11.6 Å². The predicted molar refractivity (Wildman–Crippen MR) is 91.6 cm³/mol. The molecule has 0 radical (unpaired) electrons. The number of hydrogen-bond donors (Lipinski definition) is 2. The highest BCUT2D eigenvalue weighted by atomic mass is 35.5. The number of benzene rings is 1. The van der Waals surface area contributed by atoms with Gasteiger partial charge in [-0.3, -0.25) is 0 Å². The molecule has 1 atom stereocenters. The van der Waals surface area contributed by atoms with Gasteiger partial charge in [-0.15, -0.1) is 0 Å². The Hall–Kier alpha value is -0.270. The lowest BCUT2D eigenvalue weighted by atomic mass is 10.2. The molecule has 0 amide bonds. The van der Waals surface area contributed by atoms with Gasteiger partial charge in [-0.1, -0.05) is 18.5 Å². The van der Waals surface area contributed by atoms with E-state index in [4.69, 9.17) is 11.6 Å². The summed E-state index contributed by atoms with van der Waals surface area (Å²) in [7, 11) is -3.50. The van der Waals surface area contributed by atoms with Crippen molar-refractivity contribution < 1.29 is 8.42 Å². The maximum Gasteiger partial charge on any atom is 0.240 e. The van der Waals surface area contributed by atoms with Gasteiger partial charge in [0.1, 0.15) is 0 Å². The minimum Gasteiger partial charge on any atom is -0.313 e. The quantitative estimate of drug-likeness (QED) is 0.719. The molecule has 0 bridgehead atoms. The number of sulfonamides is 1. The van der Waals surface area contributed by atoms with Crippen LogP contribution >= 0.6 is 23.4 Å². The molecule has 0 aliphatic heterocycles. The molecule has 0 aromatic heterocycles. The normalized spacial score (nSPS) is 13.3. The lowest BCUT2D eigenvalue weighted by Crippen LogP contribution is -2.33. The summed E-state index contributed by atoms with van der Waals surface area (Å²) in [5.41, 5.74) is 0.790. The van der Waals surface area contributed by atoms with E-state index in [1.54, 1.807) is 30.0 Å². The SMILES string of the molecule is CCNCc1cc(S(=O)(=O)NC(C)CCSC)ccc1Cl. The van der Waals surface area contributed by atoms with Crippen molar-refractivity contribution in [1.82, 2.24) is 10.0 Å². The van der Waals surface area contributed by atoms with Crippen LogP contribution < -0.4 is 10.0 Å². The first kappa shape index (κ1) is 18.8. The van der Waals surface area contributed by atoms with Crippen molar-refractivity contribution in [2.75, 3.05) is 18.6 Å². The number of nitrogens with one attached hydrogen (secondary N) is 2. The first-order valence-electron chi connectivity index (χ1n) is 6.91. The molecular weight excluding hydrogens is 328 g/mol. The first-order chi connectivity index (χ1) is 9.90. The topological polar surface area (TPSA) is 58.2 Å². The summed E-state index contributed by atoms with van der Waals surface area (Å²) in [5.74, 6) is 0.927. The molecule has 0 saturated carbocycles. The third kappa shape index (κ3) is 6.16.